The molecule has 0 aromatic rings. The molecular weight excluding hydrogens is 220 g/mol. The molecule has 0 bridgehead atoms. The summed E-state index contributed by atoms with van der Waals surface area (Å²) in [6.07, 6.45) is 0. The lowest BCUT2D eigenvalue weighted by Gasteiger charge is -2.48. The quantitative estimate of drug-likeness (QED) is 0.669. The molecule has 0 atom stereocenters. The van der Waals surface area contributed by atoms with Crippen molar-refractivity contribution in [2.24, 2.45) is 0 Å². The van der Waals surface area contributed by atoms with Crippen molar-refractivity contribution in [3.05, 3.63) is 6.55 Å². The zero-order chi connectivity index (χ0) is 11.1. The Morgan fingerprint density at radius 1 is 0.846 bits per heavy atom. The molecule has 0 spiro atoms. The molecule has 0 aromatic carbocycles. The van der Waals surface area contributed by atoms with Gasteiger partial charge in [0.1, 0.15) is 0 Å². The molecule has 78 valence electrons. The molecule has 0 heterocycles. The molecule has 0 aliphatic heterocycles. The highest BCUT2D eigenvalue weighted by Gasteiger charge is 2.50. The maximum absolute atomic E-state index is 4.54. The SMILES string of the molecule is [CH2][Si](C)(C)[Si](C)(C)[Si](C)(C)[Si](C)C. The Morgan fingerprint density at radius 2 is 1.15 bits per heavy atom. The summed E-state index contributed by atoms with van der Waals surface area (Å²) in [6, 6.07) is 0. The minimum Gasteiger partial charge on any atom is -0.0735 e. The first-order valence-corrected chi connectivity index (χ1v) is 19.8. The molecule has 0 unspecified atom stereocenters. The third-order valence-corrected chi connectivity index (χ3v) is 64.6. The van der Waals surface area contributed by atoms with Crippen molar-refractivity contribution in [2.75, 3.05) is 0 Å². The van der Waals surface area contributed by atoms with Crippen LogP contribution in [-0.2, 0) is 0 Å². The molecule has 0 amide bonds. The summed E-state index contributed by atoms with van der Waals surface area (Å²) in [7, 11) is -3.05. The third-order valence-electron chi connectivity index (χ3n) is 4.50. The Balaban J connectivity index is 5.04. The van der Waals surface area contributed by atoms with Crippen molar-refractivity contribution in [1.82, 2.24) is 0 Å². The molecule has 13 heavy (non-hydrogen) atoms. The van der Waals surface area contributed by atoms with E-state index in [1.54, 1.807) is 0 Å². The molecule has 0 saturated heterocycles. The Labute approximate surface area is 89.1 Å². The largest absolute Gasteiger partial charge is 0.0735 e. The Kier molecular flexibility index (Phi) is 4.04. The Morgan fingerprint density at radius 3 is 1.23 bits per heavy atom. The minimum absolute atomic E-state index is 0.0549. The van der Waals surface area contributed by atoms with Gasteiger partial charge in [-0.3, -0.25) is 0 Å². The van der Waals surface area contributed by atoms with Crippen LogP contribution in [-0.4, -0.2) is 30.1 Å². The molecule has 0 N–H and O–H groups in total. The van der Waals surface area contributed by atoms with E-state index in [2.05, 4.69) is 58.9 Å². The van der Waals surface area contributed by atoms with Gasteiger partial charge in [0.05, 0.1) is 0 Å². The molecule has 0 aromatic heterocycles. The van der Waals surface area contributed by atoms with Crippen molar-refractivity contribution in [1.29, 1.82) is 0 Å². The normalized spacial score (nSPS) is 15.2. The lowest BCUT2D eigenvalue weighted by Crippen LogP contribution is -2.74. The van der Waals surface area contributed by atoms with Gasteiger partial charge in [0, 0.05) is 30.1 Å². The van der Waals surface area contributed by atoms with E-state index in [1.807, 2.05) is 0 Å². The van der Waals surface area contributed by atoms with Crippen LogP contribution in [0.5, 0.6) is 0 Å². The summed E-state index contributed by atoms with van der Waals surface area (Å²) in [5.74, 6) is 0. The molecule has 4 heteroatoms. The minimum atomic E-state index is -1.11. The van der Waals surface area contributed by atoms with Gasteiger partial charge in [-0.25, -0.2) is 0 Å². The first kappa shape index (κ1) is 13.9. The summed E-state index contributed by atoms with van der Waals surface area (Å²) in [4.78, 5) is 0. The average molecular weight is 247 g/mol. The zero-order valence-electron chi connectivity index (χ0n) is 10.7. The van der Waals surface area contributed by atoms with Gasteiger partial charge in [-0.2, -0.15) is 0 Å². The van der Waals surface area contributed by atoms with E-state index in [0.717, 1.165) is 0 Å². The topological polar surface area (TPSA) is 0 Å². The van der Waals surface area contributed by atoms with Crippen molar-refractivity contribution >= 4 is 30.1 Å². The van der Waals surface area contributed by atoms with Gasteiger partial charge in [0.2, 0.25) is 0 Å². The molecule has 0 aliphatic carbocycles. The van der Waals surface area contributed by atoms with E-state index >= 15 is 0 Å². The van der Waals surface area contributed by atoms with Crippen LogP contribution >= 0.6 is 0 Å². The van der Waals surface area contributed by atoms with Gasteiger partial charge < -0.3 is 0 Å². The fourth-order valence-electron chi connectivity index (χ4n) is 1.47. The highest BCUT2D eigenvalue weighted by molar-refractivity contribution is 7.80. The molecule has 0 rings (SSSR count). The van der Waals surface area contributed by atoms with Crippen LogP contribution < -0.4 is 0 Å². The molecule has 0 saturated carbocycles. The Bertz CT molecular complexity index is 177. The lowest BCUT2D eigenvalue weighted by atomic mass is 11.8. The fraction of sp³-hybridized carbons (Fsp3) is 0.889. The summed E-state index contributed by atoms with van der Waals surface area (Å²) in [5.41, 5.74) is 0. The number of hydrogen-bond donors (Lipinski definition) is 0. The van der Waals surface area contributed by atoms with Crippen LogP contribution in [0, 0.1) is 6.55 Å². The van der Waals surface area contributed by atoms with E-state index < -0.39 is 21.8 Å². The predicted molar refractivity (Wildman–Crippen MR) is 75.3 cm³/mol. The highest BCUT2D eigenvalue weighted by Crippen LogP contribution is 2.29. The highest BCUT2D eigenvalue weighted by atomic mass is 29.8. The van der Waals surface area contributed by atoms with Gasteiger partial charge in [0.15, 0.2) is 0 Å². The second kappa shape index (κ2) is 3.79. The molecule has 0 fully saturated rings. The molecular formula is C9H26Si4. The number of rotatable bonds is 3. The molecule has 0 nitrogen and oxygen atoms in total. The average Bonchev–Trinajstić information content (AvgIpc) is 1.84. The van der Waals surface area contributed by atoms with Crippen molar-refractivity contribution in [3.63, 3.8) is 0 Å². The standard InChI is InChI=1S/C9H26Si4/c1-10(2)12(6,7)13(8,9)11(3,4)5/h3H2,1-2,4-9H3. The van der Waals surface area contributed by atoms with Crippen molar-refractivity contribution in [2.45, 2.75) is 52.4 Å². The van der Waals surface area contributed by atoms with Crippen LogP contribution in [0.2, 0.25) is 52.4 Å². The second-order valence-electron chi connectivity index (χ2n) is 6.13. The lowest BCUT2D eigenvalue weighted by molar-refractivity contribution is 1.79. The van der Waals surface area contributed by atoms with E-state index in [0.29, 0.717) is 0 Å². The first-order valence-electron chi connectivity index (χ1n) is 5.10. The second-order valence-corrected chi connectivity index (χ2v) is 43.5. The van der Waals surface area contributed by atoms with Gasteiger partial charge in [0.25, 0.3) is 0 Å². The van der Waals surface area contributed by atoms with Crippen LogP contribution in [0.25, 0.3) is 0 Å². The Hall–Kier alpha value is 0.868. The van der Waals surface area contributed by atoms with Gasteiger partial charge in [-0.1, -0.05) is 58.9 Å². The zero-order valence-corrected chi connectivity index (χ0v) is 14.7. The molecule has 0 aliphatic rings. The van der Waals surface area contributed by atoms with E-state index in [4.69, 9.17) is 0 Å². The van der Waals surface area contributed by atoms with Crippen LogP contribution in [0.4, 0.5) is 0 Å². The van der Waals surface area contributed by atoms with Gasteiger partial charge in [-0.05, 0) is 0 Å². The maximum Gasteiger partial charge on any atom is 0.0381 e. The smallest absolute Gasteiger partial charge is 0.0381 e. The maximum atomic E-state index is 4.54. The van der Waals surface area contributed by atoms with Crippen LogP contribution in [0.15, 0.2) is 0 Å². The van der Waals surface area contributed by atoms with Crippen molar-refractivity contribution in [3.8, 4) is 0 Å². The van der Waals surface area contributed by atoms with Gasteiger partial charge in [-0.15, -0.1) is 0 Å². The summed E-state index contributed by atoms with van der Waals surface area (Å²) in [6.45, 7) is 25.1. The summed E-state index contributed by atoms with van der Waals surface area (Å²) < 4.78 is 0. The fourth-order valence-corrected chi connectivity index (χ4v) is 55.6. The summed E-state index contributed by atoms with van der Waals surface area (Å²) >= 11 is 0. The van der Waals surface area contributed by atoms with E-state index in [9.17, 15) is 0 Å². The first-order chi connectivity index (χ1) is 5.44. The van der Waals surface area contributed by atoms with Crippen molar-refractivity contribution < 1.29 is 0 Å². The van der Waals surface area contributed by atoms with Crippen LogP contribution in [0.1, 0.15) is 0 Å². The van der Waals surface area contributed by atoms with E-state index in [1.165, 1.54) is 0 Å². The monoisotopic (exact) mass is 246 g/mol. The third kappa shape index (κ3) is 2.46. The van der Waals surface area contributed by atoms with E-state index in [-0.39, 0.29) is 8.31 Å². The van der Waals surface area contributed by atoms with Crippen LogP contribution in [0.3, 0.4) is 0 Å². The van der Waals surface area contributed by atoms with Gasteiger partial charge >= 0.3 is 0 Å². The predicted octanol–water partition coefficient (Wildman–Crippen LogP) is 3.47. The summed E-state index contributed by atoms with van der Waals surface area (Å²) in [5, 5.41) is 0. The number of hydrogen-bond acceptors (Lipinski definition) is 0. The molecule has 2 radical (unpaired) electrons.